The largest absolute Gasteiger partial charge is 0.457 e. The number of carbonyl (C=O) groups excluding carboxylic acids is 1. The van der Waals surface area contributed by atoms with Gasteiger partial charge in [-0.2, -0.15) is 26.3 Å². The average molecular weight is 499 g/mol. The van der Waals surface area contributed by atoms with Gasteiger partial charge < -0.3 is 4.42 Å². The van der Waals surface area contributed by atoms with Crippen molar-refractivity contribution in [3.8, 4) is 11.3 Å². The fraction of sp³-hybridized carbons (Fsp3) is 0.0909. The number of thiocarbonyl (C=S) groups is 1. The number of thioether (sulfide) groups is 1. The van der Waals surface area contributed by atoms with E-state index in [1.54, 1.807) is 0 Å². The van der Waals surface area contributed by atoms with Crippen LogP contribution in [0.4, 0.5) is 32.0 Å². The number of furan rings is 1. The number of anilines is 1. The lowest BCUT2D eigenvalue weighted by atomic mass is 10.1. The molecule has 33 heavy (non-hydrogen) atoms. The van der Waals surface area contributed by atoms with E-state index < -0.39 is 29.4 Å². The number of hydrogen-bond donors (Lipinski definition) is 0. The predicted octanol–water partition coefficient (Wildman–Crippen LogP) is 7.39. The molecule has 3 nitrogen and oxygen atoms in total. The lowest BCUT2D eigenvalue weighted by molar-refractivity contribution is -0.138. The molecule has 1 aliphatic heterocycles. The molecule has 1 amide bonds. The van der Waals surface area contributed by atoms with Crippen LogP contribution in [0.1, 0.15) is 16.9 Å². The molecule has 0 bridgehead atoms. The summed E-state index contributed by atoms with van der Waals surface area (Å²) in [6.07, 6.45) is -7.76. The quantitative estimate of drug-likeness (QED) is 0.214. The Morgan fingerprint density at radius 1 is 0.879 bits per heavy atom. The highest BCUT2D eigenvalue weighted by molar-refractivity contribution is 8.27. The molecule has 0 radical (unpaired) electrons. The van der Waals surface area contributed by atoms with Gasteiger partial charge in [-0.3, -0.25) is 9.69 Å². The Morgan fingerprint density at radius 3 is 2.18 bits per heavy atom. The lowest BCUT2D eigenvalue weighted by Gasteiger charge is -2.16. The van der Waals surface area contributed by atoms with Crippen LogP contribution in [-0.2, 0) is 17.1 Å². The normalized spacial score (nSPS) is 16.2. The Morgan fingerprint density at radius 2 is 1.52 bits per heavy atom. The minimum Gasteiger partial charge on any atom is -0.457 e. The predicted molar refractivity (Wildman–Crippen MR) is 116 cm³/mol. The van der Waals surface area contributed by atoms with Gasteiger partial charge in [0.2, 0.25) is 0 Å². The van der Waals surface area contributed by atoms with E-state index in [2.05, 4.69) is 0 Å². The first kappa shape index (κ1) is 23.1. The third-order valence-corrected chi connectivity index (χ3v) is 5.90. The topological polar surface area (TPSA) is 33.5 Å². The van der Waals surface area contributed by atoms with E-state index in [9.17, 15) is 31.1 Å². The summed E-state index contributed by atoms with van der Waals surface area (Å²) >= 11 is 6.04. The molecule has 0 N–H and O–H groups in total. The highest BCUT2D eigenvalue weighted by Gasteiger charge is 2.36. The number of benzene rings is 2. The SMILES string of the molecule is O=C1/C(=C/c2ccc(-c3cccc(C(F)(F)F)c3)o2)SC(=S)N1c1cccc(C(F)(F)F)c1. The minimum atomic E-state index is -4.58. The third kappa shape index (κ3) is 4.83. The van der Waals surface area contributed by atoms with E-state index in [0.717, 1.165) is 40.9 Å². The second kappa shape index (κ2) is 8.38. The number of hydrogen-bond acceptors (Lipinski definition) is 4. The number of amides is 1. The molecule has 0 saturated carbocycles. The van der Waals surface area contributed by atoms with Gasteiger partial charge in [-0.15, -0.1) is 0 Å². The van der Waals surface area contributed by atoms with Crippen molar-refractivity contribution >= 4 is 46.0 Å². The van der Waals surface area contributed by atoms with E-state index in [0.29, 0.717) is 0 Å². The zero-order chi connectivity index (χ0) is 24.0. The number of rotatable bonds is 3. The molecule has 0 aliphatic carbocycles. The molecule has 170 valence electrons. The van der Waals surface area contributed by atoms with Crippen molar-refractivity contribution < 1.29 is 35.6 Å². The second-order valence-corrected chi connectivity index (χ2v) is 8.52. The van der Waals surface area contributed by atoms with Gasteiger partial charge in [0, 0.05) is 11.6 Å². The maximum atomic E-state index is 13.0. The van der Waals surface area contributed by atoms with Crippen LogP contribution in [0, 0.1) is 0 Å². The molecule has 1 aromatic heterocycles. The molecule has 3 aromatic rings. The van der Waals surface area contributed by atoms with Crippen LogP contribution in [0.15, 0.2) is 70.0 Å². The molecular formula is C22H11F6NO2S2. The van der Waals surface area contributed by atoms with Crippen LogP contribution >= 0.6 is 24.0 Å². The Bertz CT molecular complexity index is 1280. The molecule has 1 saturated heterocycles. The summed E-state index contributed by atoms with van der Waals surface area (Å²) in [5, 5.41) is 0. The highest BCUT2D eigenvalue weighted by atomic mass is 32.2. The fourth-order valence-corrected chi connectivity index (χ4v) is 4.35. The number of carbonyl (C=O) groups is 1. The van der Waals surface area contributed by atoms with Crippen LogP contribution in [-0.4, -0.2) is 10.2 Å². The van der Waals surface area contributed by atoms with E-state index in [1.807, 2.05) is 0 Å². The summed E-state index contributed by atoms with van der Waals surface area (Å²) in [4.78, 5) is 13.9. The molecule has 0 spiro atoms. The molecule has 4 rings (SSSR count). The van der Waals surface area contributed by atoms with Crippen LogP contribution < -0.4 is 4.90 Å². The fourth-order valence-electron chi connectivity index (χ4n) is 3.08. The van der Waals surface area contributed by atoms with Gasteiger partial charge in [-0.25, -0.2) is 0 Å². The zero-order valence-corrected chi connectivity index (χ0v) is 17.8. The van der Waals surface area contributed by atoms with Crippen LogP contribution in [0.2, 0.25) is 0 Å². The van der Waals surface area contributed by atoms with Crippen molar-refractivity contribution in [2.75, 3.05) is 4.90 Å². The van der Waals surface area contributed by atoms with Gasteiger partial charge in [0.05, 0.1) is 21.7 Å². The second-order valence-electron chi connectivity index (χ2n) is 6.85. The molecule has 11 heteroatoms. The summed E-state index contributed by atoms with van der Waals surface area (Å²) in [5.41, 5.74) is -1.59. The first-order valence-electron chi connectivity index (χ1n) is 9.16. The Kier molecular flexibility index (Phi) is 5.87. The van der Waals surface area contributed by atoms with Gasteiger partial charge in [-0.1, -0.05) is 42.2 Å². The standard InChI is InChI=1S/C22H11F6NO2S2/c23-21(24,25)13-4-1-3-12(9-13)17-8-7-16(31-17)11-18-19(30)29(20(32)33-18)15-6-2-5-14(10-15)22(26,27)28/h1-11H/b18-11-. The minimum absolute atomic E-state index is 0.0279. The van der Waals surface area contributed by atoms with E-state index in [-0.39, 0.29) is 32.0 Å². The summed E-state index contributed by atoms with van der Waals surface area (Å²) in [6.45, 7) is 0. The van der Waals surface area contributed by atoms with Crippen molar-refractivity contribution in [2.24, 2.45) is 0 Å². The van der Waals surface area contributed by atoms with Crippen molar-refractivity contribution in [1.82, 2.24) is 0 Å². The number of alkyl halides is 6. The Labute approximate surface area is 192 Å². The Hall–Kier alpha value is -3.05. The first-order chi connectivity index (χ1) is 15.4. The highest BCUT2D eigenvalue weighted by Crippen LogP contribution is 2.39. The van der Waals surface area contributed by atoms with Crippen molar-refractivity contribution in [3.05, 3.63) is 82.5 Å². The molecule has 0 unspecified atom stereocenters. The van der Waals surface area contributed by atoms with Crippen LogP contribution in [0.3, 0.4) is 0 Å². The first-order valence-corrected chi connectivity index (χ1v) is 10.4. The lowest BCUT2D eigenvalue weighted by Crippen LogP contribution is -2.27. The van der Waals surface area contributed by atoms with Gasteiger partial charge in [0.15, 0.2) is 4.32 Å². The van der Waals surface area contributed by atoms with Crippen LogP contribution in [0.5, 0.6) is 0 Å². The number of nitrogens with zero attached hydrogens (tertiary/aromatic N) is 1. The van der Waals surface area contributed by atoms with E-state index in [4.69, 9.17) is 16.6 Å². The van der Waals surface area contributed by atoms with Crippen molar-refractivity contribution in [3.63, 3.8) is 0 Å². The average Bonchev–Trinajstić information content (AvgIpc) is 3.31. The smallest absolute Gasteiger partial charge is 0.416 e. The van der Waals surface area contributed by atoms with Crippen LogP contribution in [0.25, 0.3) is 17.4 Å². The summed E-state index contributed by atoms with van der Waals surface area (Å²) in [5.74, 6) is -0.311. The maximum Gasteiger partial charge on any atom is 0.416 e. The maximum absolute atomic E-state index is 13.0. The molecular weight excluding hydrogens is 488 g/mol. The summed E-state index contributed by atoms with van der Waals surface area (Å²) in [7, 11) is 0. The monoisotopic (exact) mass is 499 g/mol. The van der Waals surface area contributed by atoms with Gasteiger partial charge >= 0.3 is 12.4 Å². The molecule has 2 aromatic carbocycles. The third-order valence-electron chi connectivity index (χ3n) is 4.60. The van der Waals surface area contributed by atoms with E-state index in [1.165, 1.54) is 42.5 Å². The molecule has 2 heterocycles. The molecule has 0 atom stereocenters. The van der Waals surface area contributed by atoms with Crippen molar-refractivity contribution in [2.45, 2.75) is 12.4 Å². The Balaban J connectivity index is 1.60. The van der Waals surface area contributed by atoms with Crippen molar-refractivity contribution in [1.29, 1.82) is 0 Å². The zero-order valence-electron chi connectivity index (χ0n) is 16.2. The molecule has 1 aliphatic rings. The van der Waals surface area contributed by atoms with Gasteiger partial charge in [-0.05, 0) is 42.5 Å². The van der Waals surface area contributed by atoms with Gasteiger partial charge in [0.25, 0.3) is 5.91 Å². The van der Waals surface area contributed by atoms with E-state index >= 15 is 0 Å². The summed E-state index contributed by atoms with van der Waals surface area (Å²) in [6, 6.07) is 11.7. The number of halogens is 6. The summed E-state index contributed by atoms with van der Waals surface area (Å²) < 4.78 is 83.5. The van der Waals surface area contributed by atoms with Gasteiger partial charge in [0.1, 0.15) is 11.5 Å². The molecule has 1 fully saturated rings.